The number of piperazine rings is 1. The molecule has 3 aromatic rings. The summed E-state index contributed by atoms with van der Waals surface area (Å²) < 4.78 is 14.5. The van der Waals surface area contributed by atoms with Gasteiger partial charge in [-0.2, -0.15) is 0 Å². The van der Waals surface area contributed by atoms with Gasteiger partial charge in [0.1, 0.15) is 11.4 Å². The molecule has 3 heterocycles. The van der Waals surface area contributed by atoms with Gasteiger partial charge in [-0.15, -0.1) is 0 Å². The van der Waals surface area contributed by atoms with Crippen LogP contribution in [0.3, 0.4) is 0 Å². The number of benzene rings is 1. The summed E-state index contributed by atoms with van der Waals surface area (Å²) in [7, 11) is 2.13. The zero-order valence-corrected chi connectivity index (χ0v) is 16.6. The Kier molecular flexibility index (Phi) is 4.37. The highest BCUT2D eigenvalue weighted by Gasteiger charge is 2.27. The lowest BCUT2D eigenvalue weighted by Crippen LogP contribution is -2.49. The lowest BCUT2D eigenvalue weighted by molar-refractivity contribution is 0.129. The molecule has 0 amide bonds. The van der Waals surface area contributed by atoms with Gasteiger partial charge in [0.05, 0.1) is 22.3 Å². The van der Waals surface area contributed by atoms with Crippen LogP contribution < -0.4 is 11.3 Å². The Morgan fingerprint density at radius 1 is 1.23 bits per heavy atom. The second kappa shape index (κ2) is 6.96. The number of halogens is 1. The SMILES string of the molecule is CN1CCN(C2C=Cc3nc(-c4c(N)c5c(F)c(O)ccc5[nH]c4=O)[nH]c3C2)CC1. The molecule has 0 spiro atoms. The van der Waals surface area contributed by atoms with Gasteiger partial charge < -0.3 is 25.7 Å². The smallest absolute Gasteiger partial charge is 0.261 e. The molecule has 1 fully saturated rings. The van der Waals surface area contributed by atoms with E-state index in [0.717, 1.165) is 44.0 Å². The molecule has 5 rings (SSSR count). The molecule has 8 nitrogen and oxygen atoms in total. The van der Waals surface area contributed by atoms with Gasteiger partial charge in [0, 0.05) is 44.3 Å². The Morgan fingerprint density at radius 3 is 2.77 bits per heavy atom. The number of aromatic amines is 2. The second-order valence-corrected chi connectivity index (χ2v) is 7.98. The van der Waals surface area contributed by atoms with Crippen LogP contribution >= 0.6 is 0 Å². The third-order valence-corrected chi connectivity index (χ3v) is 6.08. The van der Waals surface area contributed by atoms with E-state index in [9.17, 15) is 14.3 Å². The molecule has 156 valence electrons. The second-order valence-electron chi connectivity index (χ2n) is 7.98. The number of hydrogen-bond donors (Lipinski definition) is 4. The molecule has 0 radical (unpaired) electrons. The fourth-order valence-corrected chi connectivity index (χ4v) is 4.32. The summed E-state index contributed by atoms with van der Waals surface area (Å²) in [6, 6.07) is 2.87. The molecule has 1 atom stereocenters. The van der Waals surface area contributed by atoms with Crippen molar-refractivity contribution in [1.82, 2.24) is 24.8 Å². The first-order chi connectivity index (χ1) is 14.4. The maximum atomic E-state index is 14.5. The van der Waals surface area contributed by atoms with Crippen molar-refractivity contribution in [2.75, 3.05) is 39.0 Å². The topological polar surface area (TPSA) is 114 Å². The number of nitrogen functional groups attached to an aromatic ring is 1. The number of phenolic OH excluding ortho intramolecular Hbond substituents is 1. The minimum atomic E-state index is -0.867. The Labute approximate surface area is 171 Å². The summed E-state index contributed by atoms with van der Waals surface area (Å²) in [5, 5.41) is 9.69. The Hall–Kier alpha value is -3.17. The van der Waals surface area contributed by atoms with Crippen LogP contribution in [0.5, 0.6) is 5.75 Å². The molecule has 1 unspecified atom stereocenters. The molecule has 1 aliphatic carbocycles. The maximum absolute atomic E-state index is 14.5. The summed E-state index contributed by atoms with van der Waals surface area (Å²) in [5.74, 6) is -1.09. The molecule has 1 aromatic carbocycles. The Balaban J connectivity index is 1.52. The number of nitrogens with one attached hydrogen (secondary N) is 2. The number of pyridine rings is 1. The number of aromatic nitrogens is 3. The fourth-order valence-electron chi connectivity index (χ4n) is 4.32. The van der Waals surface area contributed by atoms with Crippen molar-refractivity contribution in [2.24, 2.45) is 0 Å². The van der Waals surface area contributed by atoms with E-state index in [1.54, 1.807) is 0 Å². The predicted molar refractivity (Wildman–Crippen MR) is 114 cm³/mol. The third-order valence-electron chi connectivity index (χ3n) is 6.08. The number of rotatable bonds is 2. The van der Waals surface area contributed by atoms with E-state index in [1.165, 1.54) is 12.1 Å². The summed E-state index contributed by atoms with van der Waals surface area (Å²) in [6.45, 7) is 4.07. The van der Waals surface area contributed by atoms with Gasteiger partial charge in [-0.05, 0) is 25.3 Å². The number of fused-ring (bicyclic) bond motifs is 2. The van der Waals surface area contributed by atoms with Crippen molar-refractivity contribution in [1.29, 1.82) is 0 Å². The van der Waals surface area contributed by atoms with E-state index in [1.807, 2.05) is 6.08 Å². The molecule has 9 heteroatoms. The van der Waals surface area contributed by atoms with Crippen molar-refractivity contribution in [3.8, 4) is 17.1 Å². The van der Waals surface area contributed by atoms with Crippen LogP contribution in [0.2, 0.25) is 0 Å². The van der Waals surface area contributed by atoms with Crippen LogP contribution in [0.1, 0.15) is 11.4 Å². The standard InChI is InChI=1S/C21H23FN6O2/c1-27-6-8-28(9-7-27)11-2-3-12-14(10-11)25-20(24-12)17-19(23)16-13(26-21(17)30)4-5-15(29)18(16)22/h2-5,11,29H,6-10H2,1H3,(H,24,25)(H3,23,26,30). The third kappa shape index (κ3) is 2.98. The van der Waals surface area contributed by atoms with E-state index in [-0.39, 0.29) is 28.2 Å². The van der Waals surface area contributed by atoms with Gasteiger partial charge in [-0.1, -0.05) is 6.08 Å². The predicted octanol–water partition coefficient (Wildman–Crippen LogP) is 1.53. The van der Waals surface area contributed by atoms with E-state index >= 15 is 0 Å². The van der Waals surface area contributed by atoms with Gasteiger partial charge in [0.2, 0.25) is 0 Å². The van der Waals surface area contributed by atoms with Crippen LogP contribution in [0.25, 0.3) is 28.4 Å². The summed E-state index contributed by atoms with van der Waals surface area (Å²) in [4.78, 5) is 27.8. The Bertz CT molecular complexity index is 1220. The number of phenols is 1. The average Bonchev–Trinajstić information content (AvgIpc) is 3.13. The zero-order valence-electron chi connectivity index (χ0n) is 16.6. The molecular weight excluding hydrogens is 387 g/mol. The minimum Gasteiger partial charge on any atom is -0.505 e. The van der Waals surface area contributed by atoms with E-state index < -0.39 is 17.1 Å². The molecule has 0 bridgehead atoms. The molecular formula is C21H23FN6O2. The van der Waals surface area contributed by atoms with Gasteiger partial charge in [0.15, 0.2) is 11.6 Å². The molecule has 1 saturated heterocycles. The lowest BCUT2D eigenvalue weighted by atomic mass is 10.0. The summed E-state index contributed by atoms with van der Waals surface area (Å²) in [5.41, 5.74) is 7.64. The highest BCUT2D eigenvalue weighted by Crippen LogP contribution is 2.33. The first-order valence-corrected chi connectivity index (χ1v) is 9.95. The molecule has 2 aliphatic rings. The number of likely N-dealkylation sites (N-methyl/N-ethyl adjacent to an activating group) is 1. The average molecular weight is 410 g/mol. The number of hydrogen-bond acceptors (Lipinski definition) is 6. The van der Waals surface area contributed by atoms with Gasteiger partial charge in [0.25, 0.3) is 5.56 Å². The van der Waals surface area contributed by atoms with Crippen molar-refractivity contribution >= 4 is 22.7 Å². The van der Waals surface area contributed by atoms with Crippen molar-refractivity contribution in [3.63, 3.8) is 0 Å². The number of imidazole rings is 1. The number of aromatic hydroxyl groups is 1. The first kappa shape index (κ1) is 18.8. The van der Waals surface area contributed by atoms with E-state index in [4.69, 9.17) is 5.73 Å². The monoisotopic (exact) mass is 410 g/mol. The number of nitrogens with two attached hydrogens (primary N) is 1. The molecule has 30 heavy (non-hydrogen) atoms. The number of H-pyrrole nitrogens is 2. The van der Waals surface area contributed by atoms with Crippen LogP contribution in [-0.4, -0.2) is 69.1 Å². The van der Waals surface area contributed by atoms with Crippen LogP contribution in [-0.2, 0) is 6.42 Å². The lowest BCUT2D eigenvalue weighted by Gasteiger charge is -2.37. The van der Waals surface area contributed by atoms with E-state index in [2.05, 4.69) is 37.9 Å². The van der Waals surface area contributed by atoms with Crippen LogP contribution in [0, 0.1) is 5.82 Å². The maximum Gasteiger partial charge on any atom is 0.261 e. The fraction of sp³-hybridized carbons (Fsp3) is 0.333. The van der Waals surface area contributed by atoms with Gasteiger partial charge in [-0.25, -0.2) is 9.37 Å². The van der Waals surface area contributed by atoms with Gasteiger partial charge in [-0.3, -0.25) is 9.69 Å². The molecule has 2 aromatic heterocycles. The molecule has 1 aliphatic heterocycles. The highest BCUT2D eigenvalue weighted by atomic mass is 19.1. The largest absolute Gasteiger partial charge is 0.505 e. The quantitative estimate of drug-likeness (QED) is 0.510. The highest BCUT2D eigenvalue weighted by molar-refractivity contribution is 5.98. The van der Waals surface area contributed by atoms with Crippen molar-refractivity contribution < 1.29 is 9.50 Å². The van der Waals surface area contributed by atoms with Crippen LogP contribution in [0.4, 0.5) is 10.1 Å². The first-order valence-electron chi connectivity index (χ1n) is 9.95. The Morgan fingerprint density at radius 2 is 2.00 bits per heavy atom. The van der Waals surface area contributed by atoms with Gasteiger partial charge >= 0.3 is 0 Å². The van der Waals surface area contributed by atoms with Crippen molar-refractivity contribution in [2.45, 2.75) is 12.5 Å². The summed E-state index contributed by atoms with van der Waals surface area (Å²) >= 11 is 0. The van der Waals surface area contributed by atoms with Crippen LogP contribution in [0.15, 0.2) is 23.0 Å². The summed E-state index contributed by atoms with van der Waals surface area (Å²) in [6.07, 6.45) is 4.85. The number of anilines is 1. The normalized spacial score (nSPS) is 20.0. The number of nitrogens with zero attached hydrogens (tertiary/aromatic N) is 3. The minimum absolute atomic E-state index is 0.0233. The zero-order chi connectivity index (χ0) is 21.0. The molecule has 5 N–H and O–H groups in total. The molecule has 0 saturated carbocycles. The van der Waals surface area contributed by atoms with Crippen molar-refractivity contribution in [3.05, 3.63) is 45.8 Å². The van der Waals surface area contributed by atoms with E-state index in [0.29, 0.717) is 5.82 Å².